The Hall–Kier alpha value is 0.270. The zero-order chi connectivity index (χ0) is 14.9. The van der Waals surface area contributed by atoms with Crippen molar-refractivity contribution in [2.75, 3.05) is 26.2 Å². The first-order chi connectivity index (χ1) is 9.32. The molecule has 22 heavy (non-hydrogen) atoms. The fourth-order valence-corrected chi connectivity index (χ4v) is 3.19. The van der Waals surface area contributed by atoms with Crippen LogP contribution in [-0.4, -0.2) is 42.4 Å². The number of rotatable bonds is 2. The highest BCUT2D eigenvalue weighted by atomic mass is 79.9. The van der Waals surface area contributed by atoms with E-state index in [1.165, 1.54) is 17.0 Å². The number of hydrogen-bond acceptors (Lipinski definition) is 3. The van der Waals surface area contributed by atoms with Gasteiger partial charge in [-0.2, -0.15) is 13.2 Å². The summed E-state index contributed by atoms with van der Waals surface area (Å²) < 4.78 is 40.9. The zero-order valence-corrected chi connectivity index (χ0v) is 16.0. The van der Waals surface area contributed by atoms with Gasteiger partial charge in [0.05, 0.1) is 4.47 Å². The van der Waals surface area contributed by atoms with Crippen LogP contribution in [0.25, 0.3) is 0 Å². The van der Waals surface area contributed by atoms with Crippen LogP contribution < -0.4 is 5.32 Å². The predicted octanol–water partition coefficient (Wildman–Crippen LogP) is 4.27. The summed E-state index contributed by atoms with van der Waals surface area (Å²) >= 11 is 6.19. The second-order valence-electron chi connectivity index (χ2n) is 4.52. The molecule has 128 valence electrons. The number of hydrogen-bond donors (Lipinski definition) is 2. The fourth-order valence-electron chi connectivity index (χ4n) is 2.31. The number of alkyl halides is 3. The molecular weight excluding hydrogens is 476 g/mol. The van der Waals surface area contributed by atoms with Crippen LogP contribution in [-0.2, 0) is 0 Å². The van der Waals surface area contributed by atoms with Gasteiger partial charge in [0.2, 0.25) is 0 Å². The van der Waals surface area contributed by atoms with Gasteiger partial charge in [-0.3, -0.25) is 4.90 Å². The number of phenols is 1. The second-order valence-corrected chi connectivity index (χ2v) is 6.23. The highest BCUT2D eigenvalue weighted by Crippen LogP contribution is 2.46. The monoisotopic (exact) mass is 488 g/mol. The number of piperazine rings is 1. The lowest BCUT2D eigenvalue weighted by atomic mass is 10.0. The SMILES string of the molecule is Cl.Cl.Oc1c(Br)ccc(Br)c1[C@H](N1CCNCC1)C(F)(F)F. The maximum absolute atomic E-state index is 13.5. The Morgan fingerprint density at radius 3 is 2.09 bits per heavy atom. The van der Waals surface area contributed by atoms with Crippen molar-refractivity contribution in [1.29, 1.82) is 0 Å². The van der Waals surface area contributed by atoms with E-state index in [9.17, 15) is 18.3 Å². The number of nitrogens with zero attached hydrogens (tertiary/aromatic N) is 1. The molecule has 10 heteroatoms. The van der Waals surface area contributed by atoms with E-state index in [4.69, 9.17) is 0 Å². The Balaban J connectivity index is 0.00000220. The maximum atomic E-state index is 13.5. The van der Waals surface area contributed by atoms with E-state index in [-0.39, 0.29) is 58.2 Å². The molecule has 1 aromatic carbocycles. The fraction of sp³-hybridized carbons (Fsp3) is 0.500. The Labute approximate surface area is 155 Å². The Bertz CT molecular complexity index is 500. The number of phenolic OH excluding ortho intramolecular Hbond substituents is 1. The van der Waals surface area contributed by atoms with Gasteiger partial charge in [-0.25, -0.2) is 0 Å². The third-order valence-electron chi connectivity index (χ3n) is 3.21. The molecule has 3 nitrogen and oxygen atoms in total. The topological polar surface area (TPSA) is 35.5 Å². The smallest absolute Gasteiger partial charge is 0.408 e. The van der Waals surface area contributed by atoms with Crippen molar-refractivity contribution < 1.29 is 18.3 Å². The summed E-state index contributed by atoms with van der Waals surface area (Å²) in [5.41, 5.74) is -0.145. The van der Waals surface area contributed by atoms with E-state index in [0.29, 0.717) is 13.1 Å². The van der Waals surface area contributed by atoms with E-state index in [1.54, 1.807) is 0 Å². The number of halogens is 7. The molecule has 0 bridgehead atoms. The van der Waals surface area contributed by atoms with Crippen molar-refractivity contribution in [3.8, 4) is 5.75 Å². The van der Waals surface area contributed by atoms with E-state index in [1.807, 2.05) is 0 Å². The van der Waals surface area contributed by atoms with E-state index in [2.05, 4.69) is 37.2 Å². The lowest BCUT2D eigenvalue weighted by Gasteiger charge is -2.36. The average Bonchev–Trinajstić information content (AvgIpc) is 2.39. The van der Waals surface area contributed by atoms with Gasteiger partial charge in [-0.1, -0.05) is 15.9 Å². The van der Waals surface area contributed by atoms with Crippen LogP contribution >= 0.6 is 56.7 Å². The highest BCUT2D eigenvalue weighted by Gasteiger charge is 2.47. The minimum absolute atomic E-state index is 0. The van der Waals surface area contributed by atoms with Gasteiger partial charge < -0.3 is 10.4 Å². The Morgan fingerprint density at radius 2 is 1.59 bits per heavy atom. The quantitative estimate of drug-likeness (QED) is 0.650. The lowest BCUT2D eigenvalue weighted by Crippen LogP contribution is -2.49. The van der Waals surface area contributed by atoms with E-state index in [0.717, 1.165) is 0 Å². The average molecular weight is 491 g/mol. The van der Waals surface area contributed by atoms with Crippen LogP contribution in [0.4, 0.5) is 13.2 Å². The van der Waals surface area contributed by atoms with Gasteiger partial charge in [0.15, 0.2) is 0 Å². The predicted molar refractivity (Wildman–Crippen MR) is 91.2 cm³/mol. The van der Waals surface area contributed by atoms with E-state index >= 15 is 0 Å². The first-order valence-electron chi connectivity index (χ1n) is 6.00. The van der Waals surface area contributed by atoms with Gasteiger partial charge in [-0.15, -0.1) is 24.8 Å². The first-order valence-corrected chi connectivity index (χ1v) is 7.59. The van der Waals surface area contributed by atoms with Gasteiger partial charge in [-0.05, 0) is 28.1 Å². The summed E-state index contributed by atoms with van der Waals surface area (Å²) in [6.07, 6.45) is -4.46. The number of nitrogens with one attached hydrogen (secondary N) is 1. The number of aromatic hydroxyl groups is 1. The molecule has 1 atom stereocenters. The molecule has 0 amide bonds. The first kappa shape index (κ1) is 22.3. The van der Waals surface area contributed by atoms with Crippen LogP contribution in [0, 0.1) is 0 Å². The third kappa shape index (κ3) is 4.88. The lowest BCUT2D eigenvalue weighted by molar-refractivity contribution is -0.188. The molecule has 0 aliphatic carbocycles. The molecule has 0 aromatic heterocycles. The summed E-state index contributed by atoms with van der Waals surface area (Å²) in [5, 5.41) is 13.0. The molecule has 0 radical (unpaired) electrons. The van der Waals surface area contributed by atoms with Crippen molar-refractivity contribution in [3.63, 3.8) is 0 Å². The van der Waals surface area contributed by atoms with Gasteiger partial charge in [0.25, 0.3) is 0 Å². The van der Waals surface area contributed by atoms with Gasteiger partial charge >= 0.3 is 6.18 Å². The molecule has 2 rings (SSSR count). The summed E-state index contributed by atoms with van der Waals surface area (Å²) in [7, 11) is 0. The van der Waals surface area contributed by atoms with Crippen LogP contribution in [0.1, 0.15) is 11.6 Å². The maximum Gasteiger partial charge on any atom is 0.408 e. The minimum atomic E-state index is -4.46. The molecule has 1 saturated heterocycles. The Kier molecular flexibility index (Phi) is 9.05. The van der Waals surface area contributed by atoms with Crippen LogP contribution in [0.5, 0.6) is 5.75 Å². The molecule has 1 aliphatic heterocycles. The third-order valence-corrected chi connectivity index (χ3v) is 4.55. The molecule has 1 aliphatic rings. The number of benzene rings is 1. The molecule has 1 heterocycles. The van der Waals surface area contributed by atoms with Gasteiger partial charge in [0, 0.05) is 36.2 Å². The molecule has 0 unspecified atom stereocenters. The summed E-state index contributed by atoms with van der Waals surface area (Å²) in [6.45, 7) is 1.56. The van der Waals surface area contributed by atoms with E-state index < -0.39 is 12.2 Å². The molecule has 2 N–H and O–H groups in total. The van der Waals surface area contributed by atoms with Crippen molar-refractivity contribution in [2.24, 2.45) is 0 Å². The van der Waals surface area contributed by atoms with Gasteiger partial charge in [0.1, 0.15) is 11.8 Å². The largest absolute Gasteiger partial charge is 0.506 e. The summed E-state index contributed by atoms with van der Waals surface area (Å²) in [6, 6.07) is 1.19. The summed E-state index contributed by atoms with van der Waals surface area (Å²) in [5.74, 6) is -0.375. The van der Waals surface area contributed by atoms with Crippen molar-refractivity contribution in [3.05, 3.63) is 26.6 Å². The minimum Gasteiger partial charge on any atom is -0.506 e. The molecule has 1 aromatic rings. The molecular formula is C12H15Br2Cl2F3N2O. The normalized spacial score (nSPS) is 17.3. The Morgan fingerprint density at radius 1 is 1.09 bits per heavy atom. The highest BCUT2D eigenvalue weighted by molar-refractivity contribution is 9.11. The van der Waals surface area contributed by atoms with Crippen molar-refractivity contribution >= 4 is 56.7 Å². The summed E-state index contributed by atoms with van der Waals surface area (Å²) in [4.78, 5) is 1.34. The molecule has 0 spiro atoms. The van der Waals surface area contributed by atoms with Crippen molar-refractivity contribution in [2.45, 2.75) is 12.2 Å². The zero-order valence-electron chi connectivity index (χ0n) is 11.2. The molecule has 0 saturated carbocycles. The van der Waals surface area contributed by atoms with Crippen LogP contribution in [0.3, 0.4) is 0 Å². The standard InChI is InChI=1S/C12H13Br2F3N2O.2ClH/c13-7-1-2-8(14)10(20)9(7)11(12(15,16)17)19-5-3-18-4-6-19;;/h1-2,11,18,20H,3-6H2;2*1H/t11-;;/m0../s1. The van der Waals surface area contributed by atoms with Crippen LogP contribution in [0.2, 0.25) is 0 Å². The second kappa shape index (κ2) is 8.94. The van der Waals surface area contributed by atoms with Crippen LogP contribution in [0.15, 0.2) is 21.1 Å². The molecule has 1 fully saturated rings. The van der Waals surface area contributed by atoms with Crippen molar-refractivity contribution in [1.82, 2.24) is 10.2 Å².